The maximum absolute atomic E-state index is 5.44. The van der Waals surface area contributed by atoms with E-state index in [0.717, 1.165) is 17.3 Å². The van der Waals surface area contributed by atoms with E-state index in [4.69, 9.17) is 9.47 Å². The quantitative estimate of drug-likeness (QED) is 0.853. The molecule has 1 N–H and O–H groups in total. The normalized spacial score (nSPS) is 14.2. The molecule has 0 aromatic heterocycles. The third-order valence-electron chi connectivity index (χ3n) is 3.31. The van der Waals surface area contributed by atoms with Crippen molar-refractivity contribution in [1.29, 1.82) is 0 Å². The summed E-state index contributed by atoms with van der Waals surface area (Å²) in [5.74, 6) is 2.65. The van der Waals surface area contributed by atoms with E-state index >= 15 is 0 Å². The van der Waals surface area contributed by atoms with Gasteiger partial charge >= 0.3 is 0 Å². The van der Waals surface area contributed by atoms with Gasteiger partial charge < -0.3 is 14.8 Å². The molecule has 1 atom stereocenters. The van der Waals surface area contributed by atoms with Crippen LogP contribution in [0.2, 0.25) is 0 Å². The molecule has 2 aromatic carbocycles. The fourth-order valence-corrected chi connectivity index (χ4v) is 3.24. The van der Waals surface area contributed by atoms with Crippen molar-refractivity contribution in [2.75, 3.05) is 19.6 Å². The van der Waals surface area contributed by atoms with Crippen LogP contribution in [0.15, 0.2) is 53.4 Å². The number of benzene rings is 2. The van der Waals surface area contributed by atoms with Crippen LogP contribution in [0.3, 0.4) is 0 Å². The molecule has 0 spiro atoms. The molecule has 0 fully saturated rings. The summed E-state index contributed by atoms with van der Waals surface area (Å²) in [6.07, 6.45) is 0. The number of ether oxygens (including phenoxy) is 2. The summed E-state index contributed by atoms with van der Waals surface area (Å²) in [5.41, 5.74) is 1.22. The van der Waals surface area contributed by atoms with Gasteiger partial charge in [0, 0.05) is 16.7 Å². The molecular formula is C16H17NO2S. The highest BCUT2D eigenvalue weighted by molar-refractivity contribution is 7.99. The molecule has 3 rings (SSSR count). The molecule has 1 aliphatic rings. The van der Waals surface area contributed by atoms with Gasteiger partial charge in [-0.2, -0.15) is 0 Å². The van der Waals surface area contributed by atoms with E-state index in [9.17, 15) is 0 Å². The summed E-state index contributed by atoms with van der Waals surface area (Å²) in [7, 11) is 1.99. The summed E-state index contributed by atoms with van der Waals surface area (Å²) in [5, 5.41) is 3.36. The van der Waals surface area contributed by atoms with Gasteiger partial charge in [0.2, 0.25) is 6.79 Å². The van der Waals surface area contributed by atoms with Crippen molar-refractivity contribution in [2.24, 2.45) is 0 Å². The fraction of sp³-hybridized carbons (Fsp3) is 0.250. The minimum absolute atomic E-state index is 0.287. The standard InChI is InChI=1S/C16H17NO2S/c1-17-14(10-20-13-5-3-2-4-6-13)12-7-8-15-16(9-12)19-11-18-15/h2-9,14,17H,10-11H2,1H3. The molecular weight excluding hydrogens is 270 g/mol. The van der Waals surface area contributed by atoms with Crippen LogP contribution in [-0.2, 0) is 0 Å². The van der Waals surface area contributed by atoms with Gasteiger partial charge in [-0.25, -0.2) is 0 Å². The van der Waals surface area contributed by atoms with E-state index < -0.39 is 0 Å². The first-order valence-electron chi connectivity index (χ1n) is 6.61. The van der Waals surface area contributed by atoms with Gasteiger partial charge in [-0.1, -0.05) is 24.3 Å². The zero-order valence-electron chi connectivity index (χ0n) is 11.3. The number of hydrogen-bond donors (Lipinski definition) is 1. The Balaban J connectivity index is 1.70. The number of fused-ring (bicyclic) bond motifs is 1. The maximum Gasteiger partial charge on any atom is 0.231 e. The minimum atomic E-state index is 0.287. The van der Waals surface area contributed by atoms with Crippen LogP contribution >= 0.6 is 11.8 Å². The van der Waals surface area contributed by atoms with Gasteiger partial charge in [0.05, 0.1) is 0 Å². The van der Waals surface area contributed by atoms with Crippen LogP contribution in [0, 0.1) is 0 Å². The molecule has 0 saturated carbocycles. The average molecular weight is 287 g/mol. The molecule has 3 nitrogen and oxygen atoms in total. The van der Waals surface area contributed by atoms with Gasteiger partial charge in [0.15, 0.2) is 11.5 Å². The molecule has 104 valence electrons. The van der Waals surface area contributed by atoms with E-state index in [-0.39, 0.29) is 6.04 Å². The summed E-state index contributed by atoms with van der Waals surface area (Å²) in [6.45, 7) is 0.321. The second-order valence-corrected chi connectivity index (χ2v) is 5.67. The number of thioether (sulfide) groups is 1. The smallest absolute Gasteiger partial charge is 0.231 e. The first-order valence-corrected chi connectivity index (χ1v) is 7.60. The summed E-state index contributed by atoms with van der Waals surface area (Å²) in [6, 6.07) is 16.9. The Bertz CT molecular complexity index is 574. The number of rotatable bonds is 5. The third-order valence-corrected chi connectivity index (χ3v) is 4.41. The Morgan fingerprint density at radius 3 is 2.70 bits per heavy atom. The third kappa shape index (κ3) is 2.92. The minimum Gasteiger partial charge on any atom is -0.454 e. The van der Waals surface area contributed by atoms with Crippen molar-refractivity contribution >= 4 is 11.8 Å². The topological polar surface area (TPSA) is 30.5 Å². The summed E-state index contributed by atoms with van der Waals surface area (Å²) < 4.78 is 10.8. The van der Waals surface area contributed by atoms with Gasteiger partial charge in [-0.3, -0.25) is 0 Å². The zero-order chi connectivity index (χ0) is 13.8. The summed E-state index contributed by atoms with van der Waals surface area (Å²) in [4.78, 5) is 1.29. The van der Waals surface area contributed by atoms with Crippen molar-refractivity contribution < 1.29 is 9.47 Å². The number of nitrogens with one attached hydrogen (secondary N) is 1. The molecule has 2 aromatic rings. The molecule has 0 saturated heterocycles. The highest BCUT2D eigenvalue weighted by Gasteiger charge is 2.17. The molecule has 0 bridgehead atoms. The Morgan fingerprint density at radius 1 is 1.10 bits per heavy atom. The second kappa shape index (κ2) is 6.20. The highest BCUT2D eigenvalue weighted by atomic mass is 32.2. The Hall–Kier alpha value is -1.65. The highest BCUT2D eigenvalue weighted by Crippen LogP contribution is 2.35. The lowest BCUT2D eigenvalue weighted by atomic mass is 10.1. The monoisotopic (exact) mass is 287 g/mol. The molecule has 0 aliphatic carbocycles. The largest absolute Gasteiger partial charge is 0.454 e. The van der Waals surface area contributed by atoms with E-state index in [1.807, 2.05) is 30.9 Å². The molecule has 20 heavy (non-hydrogen) atoms. The second-order valence-electron chi connectivity index (χ2n) is 4.58. The lowest BCUT2D eigenvalue weighted by Gasteiger charge is -2.16. The van der Waals surface area contributed by atoms with Crippen LogP contribution < -0.4 is 14.8 Å². The van der Waals surface area contributed by atoms with Crippen LogP contribution in [0.4, 0.5) is 0 Å². The van der Waals surface area contributed by atoms with Gasteiger partial charge in [-0.15, -0.1) is 11.8 Å². The molecule has 0 radical (unpaired) electrons. The van der Waals surface area contributed by atoms with Crippen molar-refractivity contribution in [3.8, 4) is 11.5 Å². The van der Waals surface area contributed by atoms with Crippen molar-refractivity contribution in [2.45, 2.75) is 10.9 Å². The SMILES string of the molecule is CNC(CSc1ccccc1)c1ccc2c(c1)OCO2. The average Bonchev–Trinajstić information content (AvgIpc) is 2.96. The van der Waals surface area contributed by atoms with E-state index in [2.05, 4.69) is 41.7 Å². The first-order chi connectivity index (χ1) is 9.86. The fourth-order valence-electron chi connectivity index (χ4n) is 2.17. The van der Waals surface area contributed by atoms with E-state index in [0.29, 0.717) is 6.79 Å². The van der Waals surface area contributed by atoms with Crippen molar-refractivity contribution in [1.82, 2.24) is 5.32 Å². The zero-order valence-corrected chi connectivity index (χ0v) is 12.2. The first kappa shape index (κ1) is 13.3. The number of hydrogen-bond acceptors (Lipinski definition) is 4. The van der Waals surface area contributed by atoms with Gasteiger partial charge in [0.1, 0.15) is 0 Å². The maximum atomic E-state index is 5.44. The lowest BCUT2D eigenvalue weighted by Crippen LogP contribution is -2.18. The predicted octanol–water partition coefficient (Wildman–Crippen LogP) is 3.47. The Kier molecular flexibility index (Phi) is 4.14. The van der Waals surface area contributed by atoms with Gasteiger partial charge in [0.25, 0.3) is 0 Å². The molecule has 0 amide bonds. The molecule has 1 heterocycles. The van der Waals surface area contributed by atoms with E-state index in [1.54, 1.807) is 0 Å². The lowest BCUT2D eigenvalue weighted by molar-refractivity contribution is 0.174. The van der Waals surface area contributed by atoms with Gasteiger partial charge in [-0.05, 0) is 36.9 Å². The van der Waals surface area contributed by atoms with Crippen LogP contribution in [-0.4, -0.2) is 19.6 Å². The van der Waals surface area contributed by atoms with E-state index in [1.165, 1.54) is 10.5 Å². The Morgan fingerprint density at radius 2 is 1.90 bits per heavy atom. The van der Waals surface area contributed by atoms with Crippen LogP contribution in [0.5, 0.6) is 11.5 Å². The van der Waals surface area contributed by atoms with Crippen LogP contribution in [0.25, 0.3) is 0 Å². The Labute approximate surface area is 123 Å². The molecule has 4 heteroatoms. The molecule has 1 aliphatic heterocycles. The molecule has 1 unspecified atom stereocenters. The van der Waals surface area contributed by atoms with Crippen molar-refractivity contribution in [3.05, 3.63) is 54.1 Å². The van der Waals surface area contributed by atoms with Crippen LogP contribution in [0.1, 0.15) is 11.6 Å². The van der Waals surface area contributed by atoms with Crippen molar-refractivity contribution in [3.63, 3.8) is 0 Å². The predicted molar refractivity (Wildman–Crippen MR) is 81.5 cm³/mol. The summed E-state index contributed by atoms with van der Waals surface area (Å²) >= 11 is 1.85.